The third kappa shape index (κ3) is 1.25. The van der Waals surface area contributed by atoms with Crippen LogP contribution in [0.25, 0.3) is 0 Å². The van der Waals surface area contributed by atoms with E-state index in [-0.39, 0.29) is 0 Å². The van der Waals surface area contributed by atoms with E-state index in [4.69, 9.17) is 0 Å². The Morgan fingerprint density at radius 1 is 1.60 bits per heavy atom. The van der Waals surface area contributed by atoms with E-state index in [9.17, 15) is 8.42 Å². The van der Waals surface area contributed by atoms with Crippen molar-refractivity contribution in [1.82, 2.24) is 20.6 Å². The lowest BCUT2D eigenvalue weighted by Gasteiger charge is -1.88. The number of thiol groups is 1. The molecule has 0 amide bonds. The highest BCUT2D eigenvalue weighted by Crippen LogP contribution is 2.03. The van der Waals surface area contributed by atoms with E-state index < -0.39 is 15.3 Å². The Bertz CT molecular complexity index is 288. The number of aromatic amines is 1. The lowest BCUT2D eigenvalue weighted by Crippen LogP contribution is -2.02. The molecule has 9 heteroatoms. The van der Waals surface area contributed by atoms with Gasteiger partial charge in [-0.05, 0) is 18.1 Å². The minimum Gasteiger partial charge on any atom is -0.195 e. The highest BCUT2D eigenvalue weighted by atomic mass is 32.3. The van der Waals surface area contributed by atoms with E-state index in [0.29, 0.717) is 0 Å². The number of nitrogens with one attached hydrogen (secondary N) is 1. The van der Waals surface area contributed by atoms with Gasteiger partial charge in [0.25, 0.3) is 0 Å². The fourth-order valence-electron chi connectivity index (χ4n) is 0.292. The number of H-pyrrole nitrogens is 1. The molecule has 1 heterocycles. The maximum Gasteiger partial charge on any atom is 0.347 e. The van der Waals surface area contributed by atoms with E-state index in [1.165, 1.54) is 0 Å². The second kappa shape index (κ2) is 2.52. The zero-order valence-electron chi connectivity index (χ0n) is 4.42. The smallest absolute Gasteiger partial charge is 0.195 e. The average molecular weight is 182 g/mol. The molecular weight excluding hydrogens is 180 g/mol. The van der Waals surface area contributed by atoms with Crippen LogP contribution in [0.5, 0.6) is 0 Å². The summed E-state index contributed by atoms with van der Waals surface area (Å²) in [5, 5.41) is 10.7. The van der Waals surface area contributed by atoms with Gasteiger partial charge in [-0.1, -0.05) is 5.10 Å². The highest BCUT2D eigenvalue weighted by Gasteiger charge is 2.18. The Hall–Kier alpha value is -0.670. The summed E-state index contributed by atoms with van der Waals surface area (Å²) in [6.45, 7) is 0. The van der Waals surface area contributed by atoms with Gasteiger partial charge in [0.15, 0.2) is 0 Å². The van der Waals surface area contributed by atoms with Gasteiger partial charge in [-0.25, -0.2) is 0 Å². The molecule has 0 aliphatic rings. The standard InChI is InChI=1S/CH2N4O3S2/c6-10(7,8-9)1-2-4-5-3-1/h9H,(H,2,3,4,5). The van der Waals surface area contributed by atoms with Crippen molar-refractivity contribution in [2.75, 3.05) is 0 Å². The van der Waals surface area contributed by atoms with Crippen molar-refractivity contribution in [2.24, 2.45) is 0 Å². The van der Waals surface area contributed by atoms with E-state index in [0.717, 1.165) is 0 Å². The quantitative estimate of drug-likeness (QED) is 0.438. The maximum absolute atomic E-state index is 10.6. The SMILES string of the molecule is O=S(=O)(OS)c1nn[nH]n1. The van der Waals surface area contributed by atoms with Gasteiger partial charge in [0.2, 0.25) is 0 Å². The Kier molecular flexibility index (Phi) is 1.87. The number of aromatic nitrogens is 4. The van der Waals surface area contributed by atoms with Crippen LogP contribution in [-0.4, -0.2) is 29.0 Å². The van der Waals surface area contributed by atoms with Crippen LogP contribution in [0.2, 0.25) is 0 Å². The van der Waals surface area contributed by atoms with E-state index in [2.05, 4.69) is 31.9 Å². The van der Waals surface area contributed by atoms with E-state index in [1.807, 2.05) is 5.21 Å². The van der Waals surface area contributed by atoms with Crippen LogP contribution in [0.15, 0.2) is 5.16 Å². The predicted molar refractivity (Wildman–Crippen MR) is 31.4 cm³/mol. The summed E-state index contributed by atoms with van der Waals surface area (Å²) in [4.78, 5) is 0. The number of tetrazole rings is 1. The first-order valence-electron chi connectivity index (χ1n) is 1.98. The summed E-state index contributed by atoms with van der Waals surface area (Å²) in [5.41, 5.74) is 0. The van der Waals surface area contributed by atoms with Gasteiger partial charge in [-0.3, -0.25) is 0 Å². The van der Waals surface area contributed by atoms with Gasteiger partial charge < -0.3 is 0 Å². The van der Waals surface area contributed by atoms with Gasteiger partial charge in [0.05, 0.1) is 0 Å². The van der Waals surface area contributed by atoms with E-state index >= 15 is 0 Å². The Morgan fingerprint density at radius 3 is 2.70 bits per heavy atom. The second-order valence-electron chi connectivity index (χ2n) is 1.22. The first kappa shape index (κ1) is 7.44. The lowest BCUT2D eigenvalue weighted by molar-refractivity contribution is 0.512. The molecule has 7 nitrogen and oxygen atoms in total. The first-order chi connectivity index (χ1) is 4.67. The van der Waals surface area contributed by atoms with Crippen LogP contribution in [0.1, 0.15) is 0 Å². The summed E-state index contributed by atoms with van der Waals surface area (Å²) in [6.07, 6.45) is 0. The Balaban J connectivity index is 3.09. The van der Waals surface area contributed by atoms with Crippen molar-refractivity contribution >= 4 is 23.0 Å². The van der Waals surface area contributed by atoms with Gasteiger partial charge in [-0.15, -0.1) is 5.10 Å². The summed E-state index contributed by atoms with van der Waals surface area (Å²) in [5.74, 6) is 0. The molecule has 0 saturated heterocycles. The molecule has 0 aliphatic heterocycles. The Morgan fingerprint density at radius 2 is 2.30 bits per heavy atom. The molecule has 1 rings (SSSR count). The fourth-order valence-corrected chi connectivity index (χ4v) is 0.852. The summed E-state index contributed by atoms with van der Waals surface area (Å²) >= 11 is 3.08. The molecule has 0 spiro atoms. The molecule has 1 aromatic heterocycles. The molecule has 56 valence electrons. The zero-order valence-corrected chi connectivity index (χ0v) is 6.13. The van der Waals surface area contributed by atoms with Crippen molar-refractivity contribution in [1.29, 1.82) is 0 Å². The topological polar surface area (TPSA) is 97.8 Å². The zero-order chi connectivity index (χ0) is 7.61. The summed E-state index contributed by atoms with van der Waals surface area (Å²) in [7, 11) is -3.91. The molecule has 1 aromatic rings. The minimum absolute atomic E-state index is 0.539. The van der Waals surface area contributed by atoms with Crippen molar-refractivity contribution in [3.8, 4) is 0 Å². The molecule has 0 unspecified atom stereocenters. The van der Waals surface area contributed by atoms with Gasteiger partial charge >= 0.3 is 15.3 Å². The van der Waals surface area contributed by atoms with Crippen molar-refractivity contribution in [3.63, 3.8) is 0 Å². The lowest BCUT2D eigenvalue weighted by atomic mass is 11.4. The monoisotopic (exact) mass is 182 g/mol. The van der Waals surface area contributed by atoms with Crippen molar-refractivity contribution in [2.45, 2.75) is 5.16 Å². The molecule has 0 fully saturated rings. The maximum atomic E-state index is 10.6. The van der Waals surface area contributed by atoms with Gasteiger partial charge in [0, 0.05) is 0 Å². The third-order valence-corrected chi connectivity index (χ3v) is 2.05. The third-order valence-electron chi connectivity index (χ3n) is 0.648. The minimum atomic E-state index is -3.91. The average Bonchev–Trinajstić information content (AvgIpc) is 2.38. The van der Waals surface area contributed by atoms with Gasteiger partial charge in [-0.2, -0.15) is 17.3 Å². The number of hydrogen-bond acceptors (Lipinski definition) is 7. The van der Waals surface area contributed by atoms with Gasteiger partial charge in [0.1, 0.15) is 0 Å². The normalized spacial score (nSPS) is 11.7. The summed E-state index contributed by atoms with van der Waals surface area (Å²) in [6, 6.07) is 0. The molecule has 0 atom stereocenters. The number of rotatable bonds is 2. The molecule has 0 radical (unpaired) electrons. The van der Waals surface area contributed by atoms with Crippen LogP contribution in [0.3, 0.4) is 0 Å². The first-order valence-corrected chi connectivity index (χ1v) is 3.75. The van der Waals surface area contributed by atoms with Crippen molar-refractivity contribution < 1.29 is 12.0 Å². The molecule has 10 heavy (non-hydrogen) atoms. The molecule has 0 saturated carbocycles. The fraction of sp³-hybridized carbons (Fsp3) is 0. The molecule has 0 bridgehead atoms. The van der Waals surface area contributed by atoms with Crippen molar-refractivity contribution in [3.05, 3.63) is 0 Å². The van der Waals surface area contributed by atoms with Crippen LogP contribution < -0.4 is 0 Å². The number of nitrogens with zero attached hydrogens (tertiary/aromatic N) is 3. The second-order valence-corrected chi connectivity index (χ2v) is 3.09. The molecule has 0 aliphatic carbocycles. The molecular formula is CH2N4O3S2. The largest absolute Gasteiger partial charge is 0.347 e. The van der Waals surface area contributed by atoms with E-state index in [1.54, 1.807) is 0 Å². The van der Waals surface area contributed by atoms with Crippen LogP contribution >= 0.6 is 12.9 Å². The molecule has 0 aromatic carbocycles. The van der Waals surface area contributed by atoms with Crippen LogP contribution in [0.4, 0.5) is 0 Å². The predicted octanol–water partition coefficient (Wildman–Crippen LogP) is -1.25. The number of hydrogen-bond donors (Lipinski definition) is 2. The van der Waals surface area contributed by atoms with Crippen LogP contribution in [-0.2, 0) is 13.7 Å². The molecule has 1 N–H and O–H groups in total. The summed E-state index contributed by atoms with van der Waals surface area (Å²) < 4.78 is 24.9. The van der Waals surface area contributed by atoms with Crippen LogP contribution in [0, 0.1) is 0 Å². The highest BCUT2D eigenvalue weighted by molar-refractivity contribution is 7.95. The Labute approximate surface area is 61.5 Å².